The van der Waals surface area contributed by atoms with Gasteiger partial charge in [0.1, 0.15) is 5.69 Å². The van der Waals surface area contributed by atoms with Gasteiger partial charge in [-0.15, -0.1) is 0 Å². The number of nitrogens with one attached hydrogen (secondary N) is 1. The summed E-state index contributed by atoms with van der Waals surface area (Å²) in [5.74, 6) is -0.617. The molecule has 0 unspecified atom stereocenters. The quantitative estimate of drug-likeness (QED) is 0.919. The van der Waals surface area contributed by atoms with Crippen LogP contribution in [0.4, 0.5) is 14.9 Å². The lowest BCUT2D eigenvalue weighted by Crippen LogP contribution is -2.15. The summed E-state index contributed by atoms with van der Waals surface area (Å²) >= 11 is 5.79. The summed E-state index contributed by atoms with van der Waals surface area (Å²) in [7, 11) is 2.67. The van der Waals surface area contributed by atoms with E-state index in [1.807, 2.05) is 0 Å². The number of hydrogen-bond donors (Lipinski definition) is 1. The van der Waals surface area contributed by atoms with Gasteiger partial charge in [0, 0.05) is 0 Å². The van der Waals surface area contributed by atoms with Crippen LogP contribution in [0.5, 0.6) is 11.5 Å². The van der Waals surface area contributed by atoms with E-state index >= 15 is 0 Å². The summed E-state index contributed by atoms with van der Waals surface area (Å²) in [6.45, 7) is 1.80. The van der Waals surface area contributed by atoms with E-state index in [1.54, 1.807) is 6.92 Å². The molecule has 5 nitrogen and oxygen atoms in total. The fourth-order valence-corrected chi connectivity index (χ4v) is 1.61. The molecular formula is C11H13ClFNO4. The molecule has 0 aromatic heterocycles. The lowest BCUT2D eigenvalue weighted by Gasteiger charge is -2.15. The minimum atomic E-state index is -0.793. The number of amides is 1. The van der Waals surface area contributed by atoms with Crippen molar-refractivity contribution in [3.63, 3.8) is 0 Å². The summed E-state index contributed by atoms with van der Waals surface area (Å²) in [5, 5.41) is 2.28. The number of rotatable bonds is 4. The van der Waals surface area contributed by atoms with Crippen molar-refractivity contribution < 1.29 is 23.4 Å². The second-order valence-corrected chi connectivity index (χ2v) is 3.53. The zero-order valence-corrected chi connectivity index (χ0v) is 10.9. The summed E-state index contributed by atoms with van der Waals surface area (Å²) in [4.78, 5) is 11.3. The Balaban J connectivity index is 3.20. The number of methoxy groups -OCH3 is 2. The zero-order chi connectivity index (χ0) is 13.7. The van der Waals surface area contributed by atoms with Gasteiger partial charge in [0.15, 0.2) is 17.3 Å². The van der Waals surface area contributed by atoms with E-state index in [1.165, 1.54) is 14.2 Å². The first-order valence-corrected chi connectivity index (χ1v) is 5.46. The Morgan fingerprint density at radius 2 is 2.00 bits per heavy atom. The Bertz CT molecular complexity index is 453. The average molecular weight is 278 g/mol. The standard InChI is InChI=1S/C11H13ClFNO4/c1-4-18-11(15)14-8-7(13)5-6(12)9(16-2)10(8)17-3/h5H,4H2,1-3H3,(H,14,15). The number of anilines is 1. The SMILES string of the molecule is CCOC(=O)Nc1c(F)cc(Cl)c(OC)c1OC. The molecule has 0 fully saturated rings. The molecule has 18 heavy (non-hydrogen) atoms. The van der Waals surface area contributed by atoms with Crippen LogP contribution in [0.1, 0.15) is 6.92 Å². The molecule has 1 aromatic carbocycles. The zero-order valence-electron chi connectivity index (χ0n) is 10.2. The molecule has 7 heteroatoms. The van der Waals surface area contributed by atoms with Gasteiger partial charge in [0.05, 0.1) is 25.8 Å². The van der Waals surface area contributed by atoms with Crippen LogP contribution in [-0.2, 0) is 4.74 Å². The van der Waals surface area contributed by atoms with Crippen LogP contribution in [0.3, 0.4) is 0 Å². The molecule has 0 spiro atoms. The van der Waals surface area contributed by atoms with Crippen LogP contribution in [0.2, 0.25) is 5.02 Å². The topological polar surface area (TPSA) is 56.8 Å². The van der Waals surface area contributed by atoms with Gasteiger partial charge < -0.3 is 14.2 Å². The van der Waals surface area contributed by atoms with E-state index in [0.29, 0.717) is 0 Å². The highest BCUT2D eigenvalue weighted by Gasteiger charge is 2.21. The third-order valence-corrected chi connectivity index (χ3v) is 2.33. The first-order valence-electron chi connectivity index (χ1n) is 5.08. The van der Waals surface area contributed by atoms with Crippen molar-refractivity contribution in [2.75, 3.05) is 26.1 Å². The minimum absolute atomic E-state index is 0.00412. The van der Waals surface area contributed by atoms with Gasteiger partial charge in [-0.25, -0.2) is 9.18 Å². The maximum absolute atomic E-state index is 13.7. The van der Waals surface area contributed by atoms with Gasteiger partial charge in [-0.05, 0) is 13.0 Å². The van der Waals surface area contributed by atoms with Crippen molar-refractivity contribution in [3.8, 4) is 11.5 Å². The summed E-state index contributed by atoms with van der Waals surface area (Å²) in [6.07, 6.45) is -0.793. The molecule has 0 radical (unpaired) electrons. The molecule has 0 aliphatic carbocycles. The van der Waals surface area contributed by atoms with Gasteiger partial charge >= 0.3 is 6.09 Å². The Hall–Kier alpha value is -1.69. The molecule has 0 atom stereocenters. The lowest BCUT2D eigenvalue weighted by atomic mass is 10.2. The number of hydrogen-bond acceptors (Lipinski definition) is 4. The Morgan fingerprint density at radius 3 is 2.50 bits per heavy atom. The second kappa shape index (κ2) is 6.30. The minimum Gasteiger partial charge on any atom is -0.491 e. The van der Waals surface area contributed by atoms with Crippen molar-refractivity contribution in [3.05, 3.63) is 16.9 Å². The van der Waals surface area contributed by atoms with E-state index in [-0.39, 0.29) is 28.8 Å². The first-order chi connectivity index (χ1) is 8.54. The van der Waals surface area contributed by atoms with Crippen molar-refractivity contribution in [1.29, 1.82) is 0 Å². The van der Waals surface area contributed by atoms with E-state index in [2.05, 4.69) is 10.1 Å². The first kappa shape index (κ1) is 14.4. The third kappa shape index (κ3) is 2.95. The number of ether oxygens (including phenoxy) is 3. The highest BCUT2D eigenvalue weighted by molar-refractivity contribution is 6.32. The van der Waals surface area contributed by atoms with Crippen LogP contribution in [-0.4, -0.2) is 26.9 Å². The molecule has 1 aromatic rings. The average Bonchev–Trinajstić information content (AvgIpc) is 2.32. The molecule has 0 heterocycles. The van der Waals surface area contributed by atoms with Gasteiger partial charge in [0.2, 0.25) is 0 Å². The van der Waals surface area contributed by atoms with Crippen LogP contribution in [0.25, 0.3) is 0 Å². The molecule has 100 valence electrons. The molecule has 1 N–H and O–H groups in total. The van der Waals surface area contributed by atoms with E-state index in [0.717, 1.165) is 6.07 Å². The van der Waals surface area contributed by atoms with Crippen molar-refractivity contribution in [2.24, 2.45) is 0 Å². The van der Waals surface area contributed by atoms with Crippen molar-refractivity contribution in [2.45, 2.75) is 6.92 Å². The monoisotopic (exact) mass is 277 g/mol. The van der Waals surface area contributed by atoms with Crippen LogP contribution in [0.15, 0.2) is 6.07 Å². The Labute approximate surface area is 109 Å². The fraction of sp³-hybridized carbons (Fsp3) is 0.364. The number of carbonyl (C=O) groups excluding carboxylic acids is 1. The second-order valence-electron chi connectivity index (χ2n) is 3.13. The van der Waals surface area contributed by atoms with Gasteiger partial charge in [-0.2, -0.15) is 0 Å². The third-order valence-electron chi connectivity index (χ3n) is 2.05. The molecule has 1 amide bonds. The summed E-state index contributed by atoms with van der Waals surface area (Å²) in [5.41, 5.74) is -0.183. The molecular weight excluding hydrogens is 265 g/mol. The number of carbonyl (C=O) groups is 1. The number of benzene rings is 1. The van der Waals surface area contributed by atoms with Crippen LogP contribution < -0.4 is 14.8 Å². The van der Waals surface area contributed by atoms with E-state index in [9.17, 15) is 9.18 Å². The largest absolute Gasteiger partial charge is 0.491 e. The smallest absolute Gasteiger partial charge is 0.411 e. The van der Waals surface area contributed by atoms with E-state index < -0.39 is 11.9 Å². The van der Waals surface area contributed by atoms with Gasteiger partial charge in [-0.1, -0.05) is 11.6 Å². The molecule has 0 saturated heterocycles. The molecule has 0 aliphatic rings. The van der Waals surface area contributed by atoms with Crippen LogP contribution >= 0.6 is 11.6 Å². The normalized spacial score (nSPS) is 9.83. The highest BCUT2D eigenvalue weighted by Crippen LogP contribution is 2.42. The van der Waals surface area contributed by atoms with E-state index in [4.69, 9.17) is 21.1 Å². The molecule has 0 bridgehead atoms. The highest BCUT2D eigenvalue weighted by atomic mass is 35.5. The maximum atomic E-state index is 13.7. The Kier molecular flexibility index (Phi) is 5.03. The summed E-state index contributed by atoms with van der Waals surface area (Å²) in [6, 6.07) is 1.02. The Morgan fingerprint density at radius 1 is 1.39 bits per heavy atom. The van der Waals surface area contributed by atoms with Gasteiger partial charge in [-0.3, -0.25) is 5.32 Å². The molecule has 0 saturated carbocycles. The predicted molar refractivity (Wildman–Crippen MR) is 65.2 cm³/mol. The lowest BCUT2D eigenvalue weighted by molar-refractivity contribution is 0.167. The maximum Gasteiger partial charge on any atom is 0.411 e. The molecule has 0 aliphatic heterocycles. The van der Waals surface area contributed by atoms with Crippen molar-refractivity contribution in [1.82, 2.24) is 0 Å². The summed E-state index contributed by atoms with van der Waals surface area (Å²) < 4.78 is 28.4. The number of halogens is 2. The van der Waals surface area contributed by atoms with Gasteiger partial charge in [0.25, 0.3) is 0 Å². The predicted octanol–water partition coefficient (Wildman–Crippen LogP) is 3.06. The van der Waals surface area contributed by atoms with Crippen molar-refractivity contribution >= 4 is 23.4 Å². The van der Waals surface area contributed by atoms with Crippen LogP contribution in [0, 0.1) is 5.82 Å². The fourth-order valence-electron chi connectivity index (χ4n) is 1.35. The molecule has 1 rings (SSSR count).